The molecule has 20 heavy (non-hydrogen) atoms. The first-order valence-electron chi connectivity index (χ1n) is 7.55. The van der Waals surface area contributed by atoms with Crippen LogP contribution in [0.15, 0.2) is 12.4 Å². The summed E-state index contributed by atoms with van der Waals surface area (Å²) in [7, 11) is 2.18. The summed E-state index contributed by atoms with van der Waals surface area (Å²) in [6.07, 6.45) is 5.05. The number of aromatic nitrogens is 2. The predicted molar refractivity (Wildman–Crippen MR) is 82.9 cm³/mol. The molecule has 1 saturated heterocycles. The molecule has 1 aromatic heterocycles. The Morgan fingerprint density at radius 1 is 1.30 bits per heavy atom. The van der Waals surface area contributed by atoms with Gasteiger partial charge in [0.25, 0.3) is 0 Å². The third-order valence-electron chi connectivity index (χ3n) is 3.71. The van der Waals surface area contributed by atoms with E-state index in [4.69, 9.17) is 0 Å². The molecule has 2 heterocycles. The van der Waals surface area contributed by atoms with Crippen molar-refractivity contribution in [2.45, 2.75) is 45.8 Å². The second-order valence-electron chi connectivity index (χ2n) is 6.09. The van der Waals surface area contributed by atoms with Crippen LogP contribution in [0.5, 0.6) is 0 Å². The number of anilines is 1. The van der Waals surface area contributed by atoms with Gasteiger partial charge in [0.15, 0.2) is 0 Å². The number of hydrogen-bond donors (Lipinski definition) is 1. The molecule has 0 bridgehead atoms. The van der Waals surface area contributed by atoms with E-state index >= 15 is 0 Å². The third kappa shape index (κ3) is 4.15. The van der Waals surface area contributed by atoms with Gasteiger partial charge in [-0.3, -0.25) is 0 Å². The highest BCUT2D eigenvalue weighted by molar-refractivity contribution is 5.32. The molecule has 0 aromatic carbocycles. The minimum absolute atomic E-state index is 0.460. The molecule has 5 heteroatoms. The van der Waals surface area contributed by atoms with Gasteiger partial charge in [-0.05, 0) is 26.9 Å². The Kier molecular flexibility index (Phi) is 5.31. The lowest BCUT2D eigenvalue weighted by atomic mass is 10.3. The Labute approximate surface area is 122 Å². The monoisotopic (exact) mass is 277 g/mol. The quantitative estimate of drug-likeness (QED) is 0.903. The second kappa shape index (κ2) is 6.99. The van der Waals surface area contributed by atoms with Crippen LogP contribution in [0.1, 0.15) is 32.8 Å². The number of likely N-dealkylation sites (N-methyl/N-ethyl adjacent to an activating group) is 1. The van der Waals surface area contributed by atoms with Gasteiger partial charge in [-0.2, -0.15) is 0 Å². The largest absolute Gasteiger partial charge is 0.337 e. The lowest BCUT2D eigenvalue weighted by molar-refractivity contribution is 0.337. The Bertz CT molecular complexity index is 403. The molecule has 1 atom stereocenters. The molecule has 0 spiro atoms. The molecule has 1 aliphatic heterocycles. The van der Waals surface area contributed by atoms with Crippen LogP contribution in [0, 0.1) is 0 Å². The lowest BCUT2D eigenvalue weighted by Crippen LogP contribution is -2.39. The van der Waals surface area contributed by atoms with Crippen LogP contribution in [-0.2, 0) is 6.54 Å². The van der Waals surface area contributed by atoms with Gasteiger partial charge >= 0.3 is 0 Å². The highest BCUT2D eigenvalue weighted by Gasteiger charge is 2.21. The van der Waals surface area contributed by atoms with Crippen molar-refractivity contribution < 1.29 is 0 Å². The van der Waals surface area contributed by atoms with Crippen molar-refractivity contribution in [1.29, 1.82) is 0 Å². The van der Waals surface area contributed by atoms with Crippen molar-refractivity contribution >= 4 is 5.95 Å². The van der Waals surface area contributed by atoms with E-state index in [0.717, 1.165) is 37.7 Å². The summed E-state index contributed by atoms with van der Waals surface area (Å²) < 4.78 is 0. The molecule has 1 unspecified atom stereocenters. The van der Waals surface area contributed by atoms with Gasteiger partial charge in [-0.1, -0.05) is 13.8 Å². The molecular formula is C15H27N5. The molecule has 1 aliphatic rings. The minimum Gasteiger partial charge on any atom is -0.337 e. The Morgan fingerprint density at radius 3 is 2.65 bits per heavy atom. The number of rotatable bonds is 4. The first-order chi connectivity index (χ1) is 9.56. The number of nitrogens with one attached hydrogen (secondary N) is 1. The molecule has 1 aromatic rings. The highest BCUT2D eigenvalue weighted by atomic mass is 15.3. The predicted octanol–water partition coefficient (Wildman–Crippen LogP) is 1.50. The molecule has 0 radical (unpaired) electrons. The maximum absolute atomic E-state index is 4.55. The Balaban J connectivity index is 2.01. The SMILES string of the molecule is CC(C)NCc1cnc(N2CCCN(C)CC2C)nc1. The van der Waals surface area contributed by atoms with Crippen molar-refractivity contribution in [3.05, 3.63) is 18.0 Å². The van der Waals surface area contributed by atoms with Gasteiger partial charge in [-0.25, -0.2) is 9.97 Å². The minimum atomic E-state index is 0.460. The van der Waals surface area contributed by atoms with E-state index in [0.29, 0.717) is 12.1 Å². The maximum Gasteiger partial charge on any atom is 0.225 e. The Morgan fingerprint density at radius 2 is 2.00 bits per heavy atom. The van der Waals surface area contributed by atoms with Crippen LogP contribution >= 0.6 is 0 Å². The van der Waals surface area contributed by atoms with Crippen molar-refractivity contribution in [1.82, 2.24) is 20.2 Å². The maximum atomic E-state index is 4.55. The molecule has 0 saturated carbocycles. The van der Waals surface area contributed by atoms with E-state index in [1.165, 1.54) is 6.42 Å². The fraction of sp³-hybridized carbons (Fsp3) is 0.733. The van der Waals surface area contributed by atoms with Crippen molar-refractivity contribution in [3.8, 4) is 0 Å². The molecule has 1 fully saturated rings. The summed E-state index contributed by atoms with van der Waals surface area (Å²) >= 11 is 0. The zero-order chi connectivity index (χ0) is 14.5. The molecule has 112 valence electrons. The first-order valence-corrected chi connectivity index (χ1v) is 7.55. The molecule has 5 nitrogen and oxygen atoms in total. The fourth-order valence-corrected chi connectivity index (χ4v) is 2.58. The highest BCUT2D eigenvalue weighted by Crippen LogP contribution is 2.15. The summed E-state index contributed by atoms with van der Waals surface area (Å²) in [6, 6.07) is 0.943. The van der Waals surface area contributed by atoms with Crippen molar-refractivity contribution in [2.24, 2.45) is 0 Å². The molecule has 0 aliphatic carbocycles. The van der Waals surface area contributed by atoms with Crippen LogP contribution in [0.2, 0.25) is 0 Å². The third-order valence-corrected chi connectivity index (χ3v) is 3.71. The molecule has 1 N–H and O–H groups in total. The number of hydrogen-bond acceptors (Lipinski definition) is 5. The van der Waals surface area contributed by atoms with E-state index in [1.54, 1.807) is 0 Å². The summed E-state index contributed by atoms with van der Waals surface area (Å²) in [4.78, 5) is 13.8. The summed E-state index contributed by atoms with van der Waals surface area (Å²) in [5, 5.41) is 3.39. The van der Waals surface area contributed by atoms with E-state index in [1.807, 2.05) is 12.4 Å². The van der Waals surface area contributed by atoms with Gasteiger partial charge in [0.05, 0.1) is 0 Å². The van der Waals surface area contributed by atoms with Crippen LogP contribution in [0.4, 0.5) is 5.95 Å². The van der Waals surface area contributed by atoms with Gasteiger partial charge in [0.2, 0.25) is 5.95 Å². The van der Waals surface area contributed by atoms with Gasteiger partial charge in [-0.15, -0.1) is 0 Å². The lowest BCUT2D eigenvalue weighted by Gasteiger charge is -2.27. The number of nitrogens with zero attached hydrogens (tertiary/aromatic N) is 4. The Hall–Kier alpha value is -1.20. The van der Waals surface area contributed by atoms with Crippen LogP contribution in [-0.4, -0.2) is 53.6 Å². The van der Waals surface area contributed by atoms with Crippen molar-refractivity contribution in [2.75, 3.05) is 31.6 Å². The average Bonchev–Trinajstić information content (AvgIpc) is 2.58. The fourth-order valence-electron chi connectivity index (χ4n) is 2.58. The first kappa shape index (κ1) is 15.2. The van der Waals surface area contributed by atoms with E-state index in [-0.39, 0.29) is 0 Å². The van der Waals surface area contributed by atoms with E-state index in [9.17, 15) is 0 Å². The second-order valence-corrected chi connectivity index (χ2v) is 6.09. The van der Waals surface area contributed by atoms with E-state index < -0.39 is 0 Å². The van der Waals surface area contributed by atoms with Crippen LogP contribution in [0.3, 0.4) is 0 Å². The zero-order valence-electron chi connectivity index (χ0n) is 13.1. The normalized spacial score (nSPS) is 21.2. The van der Waals surface area contributed by atoms with Crippen molar-refractivity contribution in [3.63, 3.8) is 0 Å². The van der Waals surface area contributed by atoms with Gasteiger partial charge in [0.1, 0.15) is 0 Å². The summed E-state index contributed by atoms with van der Waals surface area (Å²) in [6.45, 7) is 10.6. The van der Waals surface area contributed by atoms with Crippen LogP contribution < -0.4 is 10.2 Å². The smallest absolute Gasteiger partial charge is 0.225 e. The average molecular weight is 277 g/mol. The van der Waals surface area contributed by atoms with E-state index in [2.05, 4.69) is 52.9 Å². The topological polar surface area (TPSA) is 44.3 Å². The summed E-state index contributed by atoms with van der Waals surface area (Å²) in [5.41, 5.74) is 1.14. The standard InChI is InChI=1S/C15H27N5/c1-12(2)16-8-14-9-17-15(18-10-14)20-7-5-6-19(4)11-13(20)3/h9-10,12-13,16H,5-8,11H2,1-4H3. The molecular weight excluding hydrogens is 250 g/mol. The summed E-state index contributed by atoms with van der Waals surface area (Å²) in [5.74, 6) is 0.862. The molecule has 2 rings (SSSR count). The van der Waals surface area contributed by atoms with Gasteiger partial charge < -0.3 is 15.1 Å². The van der Waals surface area contributed by atoms with Crippen LogP contribution in [0.25, 0.3) is 0 Å². The van der Waals surface area contributed by atoms with Gasteiger partial charge in [0, 0.05) is 49.7 Å². The zero-order valence-corrected chi connectivity index (χ0v) is 13.1. The molecule has 0 amide bonds.